The fourth-order valence-corrected chi connectivity index (χ4v) is 6.35. The van der Waals surface area contributed by atoms with Gasteiger partial charge in [0.25, 0.3) is 0 Å². The minimum atomic E-state index is -0.573. The maximum absolute atomic E-state index is 13.1. The Balaban J connectivity index is 0.00000109. The zero-order valence-corrected chi connectivity index (χ0v) is 32.2. The first kappa shape index (κ1) is 44.6. The molecular weight excluding hydrogens is 590 g/mol. The molecule has 0 radical (unpaired) electrons. The summed E-state index contributed by atoms with van der Waals surface area (Å²) in [6.45, 7) is 23.2. The number of likely N-dealkylation sites (tertiary alicyclic amines) is 2. The van der Waals surface area contributed by atoms with E-state index in [0.29, 0.717) is 24.2 Å². The van der Waals surface area contributed by atoms with Crippen molar-refractivity contribution in [3.63, 3.8) is 0 Å². The summed E-state index contributed by atoms with van der Waals surface area (Å²) >= 11 is 0. The van der Waals surface area contributed by atoms with E-state index in [0.717, 1.165) is 64.1 Å². The van der Waals surface area contributed by atoms with E-state index in [-0.39, 0.29) is 29.7 Å². The maximum atomic E-state index is 13.1. The molecule has 2 aliphatic heterocycles. The van der Waals surface area contributed by atoms with E-state index in [2.05, 4.69) is 50.2 Å². The molecule has 3 fully saturated rings. The van der Waals surface area contributed by atoms with E-state index in [1.807, 2.05) is 45.6 Å². The maximum Gasteiger partial charge on any atom is 0.249 e. The molecule has 3 aliphatic rings. The number of amides is 4. The summed E-state index contributed by atoms with van der Waals surface area (Å²) < 4.78 is 0. The lowest BCUT2D eigenvalue weighted by atomic mass is 9.85. The molecule has 2 heterocycles. The highest BCUT2D eigenvalue weighted by Crippen LogP contribution is 2.26. The molecule has 0 spiro atoms. The van der Waals surface area contributed by atoms with Gasteiger partial charge in [0.1, 0.15) is 6.04 Å². The van der Waals surface area contributed by atoms with Gasteiger partial charge >= 0.3 is 0 Å². The Labute approximate surface area is 289 Å². The Morgan fingerprint density at radius 1 is 0.851 bits per heavy atom. The third-order valence-electron chi connectivity index (χ3n) is 9.21. The molecule has 0 aromatic rings. The second kappa shape index (κ2) is 25.6. The zero-order valence-electron chi connectivity index (χ0n) is 32.2. The van der Waals surface area contributed by atoms with E-state index < -0.39 is 6.04 Å². The van der Waals surface area contributed by atoms with Gasteiger partial charge in [-0.05, 0) is 84.6 Å². The van der Waals surface area contributed by atoms with E-state index in [9.17, 15) is 19.2 Å². The third-order valence-corrected chi connectivity index (χ3v) is 9.21. The molecule has 3 atom stereocenters. The molecular formula is C38H73N5O4. The average Bonchev–Trinajstić information content (AvgIpc) is 3.62. The van der Waals surface area contributed by atoms with E-state index in [4.69, 9.17) is 0 Å². The molecule has 0 aromatic carbocycles. The highest BCUT2D eigenvalue weighted by molar-refractivity contribution is 5.93. The average molecular weight is 664 g/mol. The van der Waals surface area contributed by atoms with Crippen LogP contribution in [0.4, 0.5) is 0 Å². The van der Waals surface area contributed by atoms with Crippen LogP contribution in [0.3, 0.4) is 0 Å². The van der Waals surface area contributed by atoms with Crippen molar-refractivity contribution in [3.8, 4) is 0 Å². The van der Waals surface area contributed by atoms with Crippen LogP contribution in [-0.4, -0.2) is 96.2 Å². The molecule has 274 valence electrons. The summed E-state index contributed by atoms with van der Waals surface area (Å²) in [4.78, 5) is 54.5. The number of hydrogen-bond acceptors (Lipinski definition) is 5. The first-order valence-corrected chi connectivity index (χ1v) is 18.9. The standard InChI is InChI=1S/C24H42N4O3.C9H17NO.C3H8.C2H6/c1-17(2)21(25-22(29)20-11-7-8-15-28(20)18(3)4)24(31)26(6)16-12-19(5)23(30)27-13-9-10-14-27;1-8(10-7-11)9-5-3-2-4-6-9;1-3-2;1-2/h12,17-18,20-21H,7-11,13-16H2,1-6H3,(H,25,29);7-9H,2-6H2,1H3,(H,10,11);3H2,1-2H3;1-2H3/b19-12+;;;/t;8-;;/m.1../s1. The smallest absolute Gasteiger partial charge is 0.249 e. The Kier molecular flexibility index (Phi) is 24.3. The van der Waals surface area contributed by atoms with E-state index in [1.54, 1.807) is 11.9 Å². The lowest BCUT2D eigenvalue weighted by Crippen LogP contribution is -2.57. The Bertz CT molecular complexity index is 910. The van der Waals surface area contributed by atoms with Crippen LogP contribution >= 0.6 is 0 Å². The van der Waals surface area contributed by atoms with Gasteiger partial charge < -0.3 is 20.4 Å². The number of carbonyl (C=O) groups excluding carboxylic acids is 4. The van der Waals surface area contributed by atoms with Gasteiger partial charge in [-0.3, -0.25) is 24.1 Å². The molecule has 47 heavy (non-hydrogen) atoms. The van der Waals surface area contributed by atoms with Crippen molar-refractivity contribution in [3.05, 3.63) is 11.6 Å². The number of likely N-dealkylation sites (N-methyl/N-ethyl adjacent to an activating group) is 1. The number of nitrogens with one attached hydrogen (secondary N) is 2. The molecule has 1 aliphatic carbocycles. The fraction of sp³-hybridized carbons (Fsp3) is 0.842. The number of carbonyl (C=O) groups is 4. The highest BCUT2D eigenvalue weighted by atomic mass is 16.2. The number of nitrogens with zero attached hydrogens (tertiary/aromatic N) is 3. The van der Waals surface area contributed by atoms with Gasteiger partial charge in [-0.25, -0.2) is 0 Å². The molecule has 2 unspecified atom stereocenters. The first-order chi connectivity index (χ1) is 22.4. The van der Waals surface area contributed by atoms with Crippen molar-refractivity contribution in [2.45, 2.75) is 164 Å². The lowest BCUT2D eigenvalue weighted by Gasteiger charge is -2.38. The van der Waals surface area contributed by atoms with Crippen LogP contribution in [0.2, 0.25) is 0 Å². The first-order valence-electron chi connectivity index (χ1n) is 18.9. The molecule has 3 rings (SSSR count). The second-order valence-electron chi connectivity index (χ2n) is 13.9. The van der Waals surface area contributed by atoms with E-state index >= 15 is 0 Å². The Morgan fingerprint density at radius 3 is 1.89 bits per heavy atom. The molecule has 9 heteroatoms. The van der Waals surface area contributed by atoms with Crippen molar-refractivity contribution < 1.29 is 19.2 Å². The monoisotopic (exact) mass is 664 g/mol. The van der Waals surface area contributed by atoms with Crippen LogP contribution < -0.4 is 10.6 Å². The summed E-state index contributed by atoms with van der Waals surface area (Å²) in [5.74, 6) is 0.594. The van der Waals surface area contributed by atoms with Crippen LogP contribution in [0.5, 0.6) is 0 Å². The fourth-order valence-electron chi connectivity index (χ4n) is 6.35. The second-order valence-corrected chi connectivity index (χ2v) is 13.9. The van der Waals surface area contributed by atoms with Crippen LogP contribution in [0, 0.1) is 11.8 Å². The normalized spacial score (nSPS) is 20.0. The molecule has 9 nitrogen and oxygen atoms in total. The number of piperidine rings is 1. The van der Waals surface area contributed by atoms with Crippen molar-refractivity contribution in [1.29, 1.82) is 0 Å². The molecule has 1 saturated carbocycles. The summed E-state index contributed by atoms with van der Waals surface area (Å²) in [5.41, 5.74) is 0.668. The van der Waals surface area contributed by atoms with Crippen LogP contribution in [0.1, 0.15) is 140 Å². The SMILES string of the molecule is C/C(=C\CN(C)C(=O)C(NC(=O)C1CCCCN1C(C)C)C(C)C)C(=O)N1CCCC1.CC.CCC.C[C@@H](NC=O)C1CCCCC1. The minimum Gasteiger partial charge on any atom is -0.356 e. The predicted octanol–water partition coefficient (Wildman–Crippen LogP) is 6.56. The van der Waals surface area contributed by atoms with Gasteiger partial charge in [0, 0.05) is 44.3 Å². The van der Waals surface area contributed by atoms with Gasteiger partial charge in [-0.1, -0.05) is 79.7 Å². The van der Waals surface area contributed by atoms with E-state index in [1.165, 1.54) is 38.5 Å². The Morgan fingerprint density at radius 2 is 1.38 bits per heavy atom. The summed E-state index contributed by atoms with van der Waals surface area (Å²) in [6, 6.07) is -0.0641. The van der Waals surface area contributed by atoms with Gasteiger partial charge in [0.2, 0.25) is 24.1 Å². The van der Waals surface area contributed by atoms with Gasteiger partial charge in [0.05, 0.1) is 6.04 Å². The molecule has 4 amide bonds. The van der Waals surface area contributed by atoms with Crippen molar-refractivity contribution in [1.82, 2.24) is 25.3 Å². The van der Waals surface area contributed by atoms with Crippen molar-refractivity contribution >= 4 is 24.1 Å². The lowest BCUT2D eigenvalue weighted by molar-refractivity contribution is -0.138. The summed E-state index contributed by atoms with van der Waals surface area (Å²) in [7, 11) is 1.73. The summed E-state index contributed by atoms with van der Waals surface area (Å²) in [6.07, 6.45) is 15.6. The van der Waals surface area contributed by atoms with Crippen LogP contribution in [0.25, 0.3) is 0 Å². The van der Waals surface area contributed by atoms with Gasteiger partial charge in [-0.2, -0.15) is 0 Å². The van der Waals surface area contributed by atoms with Crippen LogP contribution in [0.15, 0.2) is 11.6 Å². The van der Waals surface area contributed by atoms with Crippen LogP contribution in [-0.2, 0) is 19.2 Å². The molecule has 0 aromatic heterocycles. The predicted molar refractivity (Wildman–Crippen MR) is 196 cm³/mol. The highest BCUT2D eigenvalue weighted by Gasteiger charge is 2.34. The molecule has 0 bridgehead atoms. The largest absolute Gasteiger partial charge is 0.356 e. The third kappa shape index (κ3) is 16.5. The van der Waals surface area contributed by atoms with Crippen molar-refractivity contribution in [2.24, 2.45) is 11.8 Å². The summed E-state index contributed by atoms with van der Waals surface area (Å²) in [5, 5.41) is 5.87. The quantitative estimate of drug-likeness (QED) is 0.193. The minimum absolute atomic E-state index is 0.0219. The van der Waals surface area contributed by atoms with Gasteiger partial charge in [0.15, 0.2) is 0 Å². The zero-order chi connectivity index (χ0) is 35.9. The number of hydrogen-bond donors (Lipinski definition) is 2. The Hall–Kier alpha value is -2.42. The van der Waals surface area contributed by atoms with Gasteiger partial charge in [-0.15, -0.1) is 0 Å². The number of rotatable bonds is 11. The topological polar surface area (TPSA) is 102 Å². The molecule has 2 N–H and O–H groups in total. The van der Waals surface area contributed by atoms with Crippen molar-refractivity contribution in [2.75, 3.05) is 33.2 Å². The molecule has 2 saturated heterocycles.